The van der Waals surface area contributed by atoms with Crippen molar-refractivity contribution in [3.8, 4) is 0 Å². The van der Waals surface area contributed by atoms with Gasteiger partial charge in [0.15, 0.2) is 5.79 Å². The van der Waals surface area contributed by atoms with Gasteiger partial charge in [-0.1, -0.05) is 12.1 Å². The van der Waals surface area contributed by atoms with E-state index in [1.54, 1.807) is 21.8 Å². The normalized spacial score (nSPS) is 16.3. The Labute approximate surface area is 231 Å². The quantitative estimate of drug-likeness (QED) is 0.334. The second kappa shape index (κ2) is 10.9. The maximum absolute atomic E-state index is 13.1. The first kappa shape index (κ1) is 25.8. The van der Waals surface area contributed by atoms with Gasteiger partial charge in [0.25, 0.3) is 5.91 Å². The third kappa shape index (κ3) is 5.61. The molecule has 3 N–H and O–H groups in total. The van der Waals surface area contributed by atoms with E-state index in [0.29, 0.717) is 68.4 Å². The van der Waals surface area contributed by atoms with Gasteiger partial charge in [-0.3, -0.25) is 14.8 Å². The Morgan fingerprint density at radius 2 is 1.80 bits per heavy atom. The topological polar surface area (TPSA) is 123 Å². The van der Waals surface area contributed by atoms with E-state index in [2.05, 4.69) is 26.0 Å². The number of aromatic nitrogens is 3. The van der Waals surface area contributed by atoms with E-state index in [1.165, 1.54) is 0 Å². The number of amides is 3. The van der Waals surface area contributed by atoms with Crippen molar-refractivity contribution < 1.29 is 19.1 Å². The van der Waals surface area contributed by atoms with Gasteiger partial charge in [-0.15, -0.1) is 0 Å². The van der Waals surface area contributed by atoms with Gasteiger partial charge in [0.1, 0.15) is 5.82 Å². The molecule has 3 amide bonds. The van der Waals surface area contributed by atoms with Crippen molar-refractivity contribution in [2.24, 2.45) is 7.05 Å². The van der Waals surface area contributed by atoms with Gasteiger partial charge in [-0.05, 0) is 48.0 Å². The Morgan fingerprint density at radius 3 is 2.62 bits per heavy atom. The van der Waals surface area contributed by atoms with Gasteiger partial charge in [-0.2, -0.15) is 5.10 Å². The van der Waals surface area contributed by atoms with Crippen LogP contribution in [0.25, 0.3) is 10.9 Å². The molecule has 1 spiro atoms. The van der Waals surface area contributed by atoms with E-state index in [0.717, 1.165) is 16.5 Å². The van der Waals surface area contributed by atoms with Crippen LogP contribution in [0.1, 0.15) is 28.8 Å². The molecule has 2 aliphatic heterocycles. The fourth-order valence-electron chi connectivity index (χ4n) is 5.13. The van der Waals surface area contributed by atoms with Gasteiger partial charge < -0.3 is 25.0 Å². The fraction of sp³-hybridized carbons (Fsp3) is 0.310. The first-order chi connectivity index (χ1) is 19.5. The summed E-state index contributed by atoms with van der Waals surface area (Å²) in [6.45, 7) is 2.77. The molecule has 0 saturated carbocycles. The minimum Gasteiger partial charge on any atom is -0.380 e. The van der Waals surface area contributed by atoms with Gasteiger partial charge in [0.2, 0.25) is 0 Å². The molecule has 206 valence electrons. The van der Waals surface area contributed by atoms with Crippen LogP contribution in [0.5, 0.6) is 0 Å². The maximum Gasteiger partial charge on any atom is 0.323 e. The third-order valence-corrected chi connectivity index (χ3v) is 7.22. The lowest BCUT2D eigenvalue weighted by molar-refractivity contribution is -0.181. The van der Waals surface area contributed by atoms with Crippen molar-refractivity contribution in [1.29, 1.82) is 0 Å². The van der Waals surface area contributed by atoms with Crippen LogP contribution in [0.3, 0.4) is 0 Å². The molecule has 2 aromatic carbocycles. The second-order valence-electron chi connectivity index (χ2n) is 10.0. The Balaban J connectivity index is 1.07. The smallest absolute Gasteiger partial charge is 0.323 e. The molecular weight excluding hydrogens is 510 g/mol. The molecule has 11 nitrogen and oxygen atoms in total. The molecule has 0 unspecified atom stereocenters. The number of benzene rings is 2. The van der Waals surface area contributed by atoms with Crippen LogP contribution >= 0.6 is 0 Å². The fourth-order valence-corrected chi connectivity index (χ4v) is 5.13. The summed E-state index contributed by atoms with van der Waals surface area (Å²) in [6.07, 6.45) is 4.90. The van der Waals surface area contributed by atoms with Crippen LogP contribution in [-0.2, 0) is 23.1 Å². The van der Waals surface area contributed by atoms with E-state index in [4.69, 9.17) is 9.47 Å². The highest BCUT2D eigenvalue weighted by Crippen LogP contribution is 2.31. The highest BCUT2D eigenvalue weighted by Gasteiger charge is 2.40. The Kier molecular flexibility index (Phi) is 7.06. The molecule has 0 bridgehead atoms. The number of carbonyl (C=O) groups is 2. The van der Waals surface area contributed by atoms with E-state index in [9.17, 15) is 9.59 Å². The van der Waals surface area contributed by atoms with Gasteiger partial charge in [-0.25, -0.2) is 9.78 Å². The van der Waals surface area contributed by atoms with Crippen molar-refractivity contribution in [1.82, 2.24) is 19.7 Å². The second-order valence-corrected chi connectivity index (χ2v) is 10.0. The van der Waals surface area contributed by atoms with E-state index < -0.39 is 5.79 Å². The number of para-hydroxylation sites is 1. The predicted molar refractivity (Wildman–Crippen MR) is 151 cm³/mol. The molecule has 2 saturated heterocycles. The number of fused-ring (bicyclic) bond motifs is 1. The summed E-state index contributed by atoms with van der Waals surface area (Å²) in [7, 11) is 1.87. The SMILES string of the molecule is Cn1cc2ccc(NC(=O)c3ccccc3NCc3ccnc(NC(=O)N4CCC5(CC4)OCCO5)c3)cc2n1. The molecule has 0 radical (unpaired) electrons. The summed E-state index contributed by atoms with van der Waals surface area (Å²) in [6, 6.07) is 16.5. The minimum atomic E-state index is -0.527. The molecular formula is C29H31N7O4. The predicted octanol–water partition coefficient (Wildman–Crippen LogP) is 4.20. The summed E-state index contributed by atoms with van der Waals surface area (Å²) in [4.78, 5) is 32.0. The zero-order valence-corrected chi connectivity index (χ0v) is 22.2. The summed E-state index contributed by atoms with van der Waals surface area (Å²) in [5.41, 5.74) is 3.61. The third-order valence-electron chi connectivity index (χ3n) is 7.22. The van der Waals surface area contributed by atoms with Crippen molar-refractivity contribution in [2.75, 3.05) is 42.3 Å². The number of hydrogen-bond acceptors (Lipinski definition) is 7. The molecule has 6 rings (SSSR count). The van der Waals surface area contributed by atoms with Gasteiger partial charge in [0.05, 0.1) is 24.3 Å². The number of carbonyl (C=O) groups excluding carboxylic acids is 2. The molecule has 0 atom stereocenters. The lowest BCUT2D eigenvalue weighted by Gasteiger charge is -2.37. The summed E-state index contributed by atoms with van der Waals surface area (Å²) in [5.74, 6) is -0.285. The number of piperidine rings is 1. The van der Waals surface area contributed by atoms with E-state index in [-0.39, 0.29) is 11.9 Å². The number of nitrogens with one attached hydrogen (secondary N) is 3. The molecule has 2 fully saturated rings. The number of aryl methyl sites for hydroxylation is 1. The summed E-state index contributed by atoms with van der Waals surface area (Å²) < 4.78 is 13.2. The number of pyridine rings is 1. The summed E-state index contributed by atoms with van der Waals surface area (Å²) >= 11 is 0. The Morgan fingerprint density at radius 1 is 1.00 bits per heavy atom. The number of hydrogen-bond donors (Lipinski definition) is 3. The molecule has 2 aromatic heterocycles. The van der Waals surface area contributed by atoms with Crippen molar-refractivity contribution in [3.63, 3.8) is 0 Å². The molecule has 11 heteroatoms. The molecule has 4 aromatic rings. The van der Waals surface area contributed by atoms with E-state index in [1.807, 2.05) is 61.8 Å². The first-order valence-corrected chi connectivity index (χ1v) is 13.3. The highest BCUT2D eigenvalue weighted by molar-refractivity contribution is 6.08. The molecule has 2 aliphatic rings. The summed E-state index contributed by atoms with van der Waals surface area (Å²) in [5, 5.41) is 14.6. The molecule has 40 heavy (non-hydrogen) atoms. The maximum atomic E-state index is 13.1. The standard InChI is InChI=1S/C29H31N7O4/c1-35-19-21-6-7-22(17-25(21)34-35)32-27(37)23-4-2-3-5-24(23)31-18-20-8-11-30-26(16-20)33-28(38)36-12-9-29(10-13-36)39-14-15-40-29/h2-8,11,16-17,19,31H,9-10,12-15,18H2,1H3,(H,32,37)(H,30,33,38). The number of urea groups is 1. The van der Waals surface area contributed by atoms with Crippen LogP contribution in [0, 0.1) is 0 Å². The van der Waals surface area contributed by atoms with Gasteiger partial charge in [0, 0.05) is 68.7 Å². The first-order valence-electron chi connectivity index (χ1n) is 13.3. The Bertz CT molecular complexity index is 1540. The highest BCUT2D eigenvalue weighted by atomic mass is 16.7. The zero-order valence-electron chi connectivity index (χ0n) is 22.2. The van der Waals surface area contributed by atoms with Crippen molar-refractivity contribution >= 4 is 40.0 Å². The Hall–Kier alpha value is -4.48. The molecule has 0 aliphatic carbocycles. The number of anilines is 3. The van der Waals surface area contributed by atoms with Crippen LogP contribution in [0.4, 0.5) is 22.0 Å². The lowest BCUT2D eigenvalue weighted by atomic mass is 10.0. The van der Waals surface area contributed by atoms with E-state index >= 15 is 0 Å². The van der Waals surface area contributed by atoms with Crippen LogP contribution in [0.2, 0.25) is 0 Å². The van der Waals surface area contributed by atoms with Gasteiger partial charge >= 0.3 is 6.03 Å². The number of nitrogens with zero attached hydrogens (tertiary/aromatic N) is 4. The largest absolute Gasteiger partial charge is 0.380 e. The zero-order chi connectivity index (χ0) is 27.5. The molecule has 4 heterocycles. The number of ether oxygens (including phenoxy) is 2. The minimum absolute atomic E-state index is 0.198. The van der Waals surface area contributed by atoms with Crippen molar-refractivity contribution in [2.45, 2.75) is 25.2 Å². The van der Waals surface area contributed by atoms with Crippen molar-refractivity contribution in [3.05, 3.63) is 78.1 Å². The van der Waals surface area contributed by atoms with Crippen LogP contribution in [-0.4, -0.2) is 63.7 Å². The monoisotopic (exact) mass is 541 g/mol. The van der Waals surface area contributed by atoms with Crippen LogP contribution < -0.4 is 16.0 Å². The number of rotatable bonds is 6. The lowest BCUT2D eigenvalue weighted by Crippen LogP contribution is -2.48. The van der Waals surface area contributed by atoms with Crippen LogP contribution in [0.15, 0.2) is 67.0 Å². The average Bonchev–Trinajstić information content (AvgIpc) is 3.57. The number of likely N-dealkylation sites (tertiary alicyclic amines) is 1. The average molecular weight is 542 g/mol.